The minimum absolute atomic E-state index is 0.0304. The SMILES string of the molecule is COc1cc(NC2COc3cc(O)ccc32)c(Br)cc1Br. The Kier molecular flexibility index (Phi) is 3.99. The number of fused-ring (bicyclic) bond motifs is 1. The second kappa shape index (κ2) is 5.77. The van der Waals surface area contributed by atoms with E-state index in [0.29, 0.717) is 12.4 Å². The van der Waals surface area contributed by atoms with Crippen LogP contribution in [0.3, 0.4) is 0 Å². The van der Waals surface area contributed by atoms with Crippen LogP contribution < -0.4 is 14.8 Å². The van der Waals surface area contributed by atoms with Crippen molar-refractivity contribution in [3.8, 4) is 17.2 Å². The number of halogens is 2. The molecule has 1 aliphatic heterocycles. The first-order valence-electron chi connectivity index (χ1n) is 6.34. The van der Waals surface area contributed by atoms with E-state index < -0.39 is 0 Å². The monoisotopic (exact) mass is 413 g/mol. The zero-order valence-corrected chi connectivity index (χ0v) is 14.4. The van der Waals surface area contributed by atoms with E-state index in [2.05, 4.69) is 37.2 Å². The van der Waals surface area contributed by atoms with Crippen molar-refractivity contribution in [3.63, 3.8) is 0 Å². The number of rotatable bonds is 3. The van der Waals surface area contributed by atoms with Gasteiger partial charge in [0, 0.05) is 22.2 Å². The average molecular weight is 415 g/mol. The fraction of sp³-hybridized carbons (Fsp3) is 0.200. The number of phenols is 1. The maximum atomic E-state index is 9.49. The van der Waals surface area contributed by atoms with Crippen LogP contribution in [0.4, 0.5) is 5.69 Å². The lowest BCUT2D eigenvalue weighted by Gasteiger charge is -2.16. The summed E-state index contributed by atoms with van der Waals surface area (Å²) in [6.45, 7) is 0.517. The summed E-state index contributed by atoms with van der Waals surface area (Å²) < 4.78 is 12.7. The normalized spacial score (nSPS) is 16.2. The lowest BCUT2D eigenvalue weighted by Crippen LogP contribution is -2.12. The number of hydrogen-bond donors (Lipinski definition) is 2. The molecule has 0 aliphatic carbocycles. The topological polar surface area (TPSA) is 50.7 Å². The average Bonchev–Trinajstić information content (AvgIpc) is 2.84. The smallest absolute Gasteiger partial charge is 0.135 e. The molecule has 0 radical (unpaired) electrons. The quantitative estimate of drug-likeness (QED) is 0.777. The Bertz CT molecular complexity index is 691. The number of benzene rings is 2. The van der Waals surface area contributed by atoms with Gasteiger partial charge in [-0.2, -0.15) is 0 Å². The molecule has 3 rings (SSSR count). The highest BCUT2D eigenvalue weighted by atomic mass is 79.9. The van der Waals surface area contributed by atoms with Crippen LogP contribution in [-0.4, -0.2) is 18.8 Å². The lowest BCUT2D eigenvalue weighted by atomic mass is 10.1. The van der Waals surface area contributed by atoms with Gasteiger partial charge >= 0.3 is 0 Å². The van der Waals surface area contributed by atoms with Gasteiger partial charge in [0.2, 0.25) is 0 Å². The molecule has 1 heterocycles. The molecule has 1 atom stereocenters. The lowest BCUT2D eigenvalue weighted by molar-refractivity contribution is 0.338. The standard InChI is InChI=1S/C15H13Br2NO3/c1-20-15-6-12(10(16)5-11(15)17)18-13-7-21-14-4-8(19)2-3-9(13)14/h2-6,13,18-19H,7H2,1H3. The number of methoxy groups -OCH3 is 1. The number of nitrogens with one attached hydrogen (secondary N) is 1. The second-order valence-corrected chi connectivity index (χ2v) is 6.41. The van der Waals surface area contributed by atoms with Crippen molar-refractivity contribution >= 4 is 37.5 Å². The Morgan fingerprint density at radius 2 is 2.05 bits per heavy atom. The molecule has 0 bridgehead atoms. The van der Waals surface area contributed by atoms with E-state index in [1.54, 1.807) is 19.2 Å². The molecule has 0 fully saturated rings. The highest BCUT2D eigenvalue weighted by molar-refractivity contribution is 9.11. The van der Waals surface area contributed by atoms with E-state index in [0.717, 1.165) is 25.9 Å². The number of anilines is 1. The molecule has 21 heavy (non-hydrogen) atoms. The molecule has 1 aliphatic rings. The van der Waals surface area contributed by atoms with Crippen molar-refractivity contribution in [1.29, 1.82) is 0 Å². The van der Waals surface area contributed by atoms with Gasteiger partial charge in [0.25, 0.3) is 0 Å². The van der Waals surface area contributed by atoms with Gasteiger partial charge < -0.3 is 19.9 Å². The molecule has 0 amide bonds. The molecule has 2 N–H and O–H groups in total. The van der Waals surface area contributed by atoms with E-state index in [1.165, 1.54) is 0 Å². The highest BCUT2D eigenvalue weighted by Gasteiger charge is 2.25. The van der Waals surface area contributed by atoms with Crippen molar-refractivity contribution in [2.45, 2.75) is 6.04 Å². The fourth-order valence-corrected chi connectivity index (χ4v) is 3.57. The van der Waals surface area contributed by atoms with Crippen molar-refractivity contribution in [2.75, 3.05) is 19.0 Å². The molecular weight excluding hydrogens is 402 g/mol. The minimum atomic E-state index is 0.0304. The van der Waals surface area contributed by atoms with Gasteiger partial charge in [-0.05, 0) is 50.1 Å². The van der Waals surface area contributed by atoms with E-state index in [9.17, 15) is 5.11 Å². The molecule has 0 saturated heterocycles. The zero-order chi connectivity index (χ0) is 15.0. The number of hydrogen-bond acceptors (Lipinski definition) is 4. The zero-order valence-electron chi connectivity index (χ0n) is 11.2. The van der Waals surface area contributed by atoms with Crippen LogP contribution in [0, 0.1) is 0 Å². The summed E-state index contributed by atoms with van der Waals surface area (Å²) in [6, 6.07) is 9.07. The second-order valence-electron chi connectivity index (χ2n) is 4.70. The number of ether oxygens (including phenoxy) is 2. The largest absolute Gasteiger partial charge is 0.508 e. The van der Waals surface area contributed by atoms with Gasteiger partial charge in [0.05, 0.1) is 23.3 Å². The van der Waals surface area contributed by atoms with Gasteiger partial charge in [-0.3, -0.25) is 0 Å². The molecule has 110 valence electrons. The molecule has 2 aromatic rings. The summed E-state index contributed by atoms with van der Waals surface area (Å²) in [6.07, 6.45) is 0. The van der Waals surface area contributed by atoms with E-state index in [4.69, 9.17) is 9.47 Å². The van der Waals surface area contributed by atoms with E-state index in [1.807, 2.05) is 18.2 Å². The third-order valence-electron chi connectivity index (χ3n) is 3.35. The van der Waals surface area contributed by atoms with Crippen LogP contribution in [0.15, 0.2) is 39.3 Å². The number of aromatic hydroxyl groups is 1. The van der Waals surface area contributed by atoms with Crippen LogP contribution in [0.2, 0.25) is 0 Å². The first-order valence-corrected chi connectivity index (χ1v) is 7.92. The minimum Gasteiger partial charge on any atom is -0.508 e. The summed E-state index contributed by atoms with van der Waals surface area (Å²) in [5.41, 5.74) is 1.95. The molecule has 2 aromatic carbocycles. The van der Waals surface area contributed by atoms with Crippen molar-refractivity contribution in [1.82, 2.24) is 0 Å². The highest BCUT2D eigenvalue weighted by Crippen LogP contribution is 2.40. The van der Waals surface area contributed by atoms with Gasteiger partial charge in [-0.1, -0.05) is 0 Å². The van der Waals surface area contributed by atoms with Gasteiger partial charge in [-0.15, -0.1) is 0 Å². The fourth-order valence-electron chi connectivity index (χ4n) is 2.30. The summed E-state index contributed by atoms with van der Waals surface area (Å²) >= 11 is 6.99. The maximum Gasteiger partial charge on any atom is 0.135 e. The summed E-state index contributed by atoms with van der Waals surface area (Å²) in [7, 11) is 1.63. The predicted molar refractivity (Wildman–Crippen MR) is 88.4 cm³/mol. The van der Waals surface area contributed by atoms with Crippen LogP contribution in [0.25, 0.3) is 0 Å². The van der Waals surface area contributed by atoms with E-state index in [-0.39, 0.29) is 11.8 Å². The summed E-state index contributed by atoms with van der Waals surface area (Å²) in [4.78, 5) is 0. The maximum absolute atomic E-state index is 9.49. The van der Waals surface area contributed by atoms with Gasteiger partial charge in [0.15, 0.2) is 0 Å². The Labute approximate surface area is 139 Å². The Morgan fingerprint density at radius 3 is 2.81 bits per heavy atom. The van der Waals surface area contributed by atoms with Crippen molar-refractivity contribution in [3.05, 3.63) is 44.8 Å². The van der Waals surface area contributed by atoms with Crippen LogP contribution in [0.1, 0.15) is 11.6 Å². The van der Waals surface area contributed by atoms with Crippen LogP contribution in [0.5, 0.6) is 17.2 Å². The van der Waals surface area contributed by atoms with Gasteiger partial charge in [0.1, 0.15) is 23.9 Å². The molecule has 0 spiro atoms. The van der Waals surface area contributed by atoms with Crippen molar-refractivity contribution < 1.29 is 14.6 Å². The molecule has 1 unspecified atom stereocenters. The summed E-state index contributed by atoms with van der Waals surface area (Å²) in [5, 5.41) is 12.9. The predicted octanol–water partition coefficient (Wildman–Crippen LogP) is 4.47. The molecule has 0 aromatic heterocycles. The Hall–Kier alpha value is -1.40. The van der Waals surface area contributed by atoms with Crippen molar-refractivity contribution in [2.24, 2.45) is 0 Å². The summed E-state index contributed by atoms with van der Waals surface area (Å²) in [5.74, 6) is 1.68. The van der Waals surface area contributed by atoms with E-state index >= 15 is 0 Å². The number of phenolic OH excluding ortho intramolecular Hbond substituents is 1. The third-order valence-corrected chi connectivity index (χ3v) is 4.63. The molecule has 4 nitrogen and oxygen atoms in total. The first kappa shape index (κ1) is 14.5. The van der Waals surface area contributed by atoms with Gasteiger partial charge in [-0.25, -0.2) is 0 Å². The van der Waals surface area contributed by atoms with Crippen LogP contribution in [-0.2, 0) is 0 Å². The Balaban J connectivity index is 1.89. The first-order chi connectivity index (χ1) is 10.1. The third kappa shape index (κ3) is 2.82. The van der Waals surface area contributed by atoms with Crippen LogP contribution >= 0.6 is 31.9 Å². The Morgan fingerprint density at radius 1 is 1.24 bits per heavy atom. The molecule has 0 saturated carbocycles. The molecular formula is C15H13Br2NO3. The molecule has 6 heteroatoms.